The molecule has 1 aliphatic heterocycles. The molecular formula is C15H24N2. The van der Waals surface area contributed by atoms with Crippen LogP contribution >= 0.6 is 0 Å². The Morgan fingerprint density at radius 2 is 2.06 bits per heavy atom. The molecule has 0 saturated carbocycles. The second kappa shape index (κ2) is 5.65. The van der Waals surface area contributed by atoms with E-state index in [0.717, 1.165) is 6.42 Å². The van der Waals surface area contributed by atoms with Crippen LogP contribution in [0.4, 0.5) is 0 Å². The first kappa shape index (κ1) is 12.6. The molecule has 2 rings (SSSR count). The van der Waals surface area contributed by atoms with Gasteiger partial charge in [0.15, 0.2) is 0 Å². The van der Waals surface area contributed by atoms with Crippen molar-refractivity contribution in [1.29, 1.82) is 0 Å². The number of aryl methyl sites for hydroxylation is 1. The van der Waals surface area contributed by atoms with Crippen molar-refractivity contribution >= 4 is 0 Å². The van der Waals surface area contributed by atoms with Crippen LogP contribution in [0.15, 0.2) is 24.3 Å². The van der Waals surface area contributed by atoms with Gasteiger partial charge in [0.2, 0.25) is 0 Å². The summed E-state index contributed by atoms with van der Waals surface area (Å²) in [6.07, 6.45) is 2.43. The molecule has 0 aromatic heterocycles. The van der Waals surface area contributed by atoms with Gasteiger partial charge in [-0.3, -0.25) is 0 Å². The molecule has 2 atom stereocenters. The van der Waals surface area contributed by atoms with Crippen molar-refractivity contribution in [3.63, 3.8) is 0 Å². The van der Waals surface area contributed by atoms with Gasteiger partial charge in [-0.2, -0.15) is 0 Å². The van der Waals surface area contributed by atoms with Gasteiger partial charge in [0.1, 0.15) is 0 Å². The lowest BCUT2D eigenvalue weighted by Crippen LogP contribution is -2.30. The number of benzene rings is 1. The molecule has 1 aromatic rings. The van der Waals surface area contributed by atoms with Crippen molar-refractivity contribution in [1.82, 2.24) is 4.90 Å². The lowest BCUT2D eigenvalue weighted by atomic mass is 10.0. The first-order valence-corrected chi connectivity index (χ1v) is 6.68. The smallest absolute Gasteiger partial charge is 0.00514 e. The maximum atomic E-state index is 5.96. The van der Waals surface area contributed by atoms with Gasteiger partial charge >= 0.3 is 0 Å². The molecule has 1 saturated heterocycles. The lowest BCUT2D eigenvalue weighted by molar-refractivity contribution is 0.319. The fraction of sp³-hybridized carbons (Fsp3) is 0.600. The second-order valence-corrected chi connectivity index (χ2v) is 5.44. The highest BCUT2D eigenvalue weighted by Crippen LogP contribution is 2.18. The zero-order valence-electron chi connectivity index (χ0n) is 11.0. The largest absolute Gasteiger partial charge is 0.328 e. The molecular weight excluding hydrogens is 208 g/mol. The van der Waals surface area contributed by atoms with Crippen molar-refractivity contribution < 1.29 is 0 Å². The average molecular weight is 232 g/mol. The fourth-order valence-electron chi connectivity index (χ4n) is 2.54. The van der Waals surface area contributed by atoms with E-state index in [0.29, 0.717) is 12.0 Å². The van der Waals surface area contributed by atoms with Crippen molar-refractivity contribution in [2.75, 3.05) is 19.6 Å². The van der Waals surface area contributed by atoms with E-state index in [4.69, 9.17) is 5.73 Å². The van der Waals surface area contributed by atoms with Crippen molar-refractivity contribution in [2.45, 2.75) is 32.7 Å². The molecule has 0 radical (unpaired) electrons. The summed E-state index contributed by atoms with van der Waals surface area (Å²) in [5.41, 5.74) is 8.74. The average Bonchev–Trinajstić information content (AvgIpc) is 2.77. The Morgan fingerprint density at radius 1 is 1.35 bits per heavy atom. The van der Waals surface area contributed by atoms with Gasteiger partial charge in [-0.15, -0.1) is 0 Å². The highest BCUT2D eigenvalue weighted by atomic mass is 15.1. The van der Waals surface area contributed by atoms with E-state index in [9.17, 15) is 0 Å². The van der Waals surface area contributed by atoms with Gasteiger partial charge in [0, 0.05) is 19.1 Å². The van der Waals surface area contributed by atoms with Crippen LogP contribution in [0, 0.1) is 12.8 Å². The van der Waals surface area contributed by atoms with E-state index in [-0.39, 0.29) is 0 Å². The number of hydrogen-bond acceptors (Lipinski definition) is 2. The van der Waals surface area contributed by atoms with Crippen LogP contribution in [0.25, 0.3) is 0 Å². The molecule has 17 heavy (non-hydrogen) atoms. The van der Waals surface area contributed by atoms with E-state index >= 15 is 0 Å². The van der Waals surface area contributed by atoms with Crippen LogP contribution in [0.2, 0.25) is 0 Å². The number of rotatable bonds is 4. The van der Waals surface area contributed by atoms with Crippen LogP contribution in [-0.2, 0) is 6.42 Å². The van der Waals surface area contributed by atoms with Crippen molar-refractivity contribution in [3.8, 4) is 0 Å². The SMILES string of the molecule is Cc1ccc(CCN2CC[C@H](C(C)N)C2)cc1. The Bertz CT molecular complexity index is 342. The third-order valence-corrected chi connectivity index (χ3v) is 3.89. The number of nitrogens with zero attached hydrogens (tertiary/aromatic N) is 1. The summed E-state index contributed by atoms with van der Waals surface area (Å²) < 4.78 is 0. The molecule has 1 aliphatic rings. The Morgan fingerprint density at radius 3 is 2.65 bits per heavy atom. The third kappa shape index (κ3) is 3.55. The topological polar surface area (TPSA) is 29.3 Å². The molecule has 0 aliphatic carbocycles. The standard InChI is InChI=1S/C15H24N2/c1-12-3-5-14(6-4-12)7-9-17-10-8-15(11-17)13(2)16/h3-6,13,15H,7-11,16H2,1-2H3/t13?,15-/m0/s1. The van der Waals surface area contributed by atoms with E-state index in [1.807, 2.05) is 0 Å². The summed E-state index contributed by atoms with van der Waals surface area (Å²) in [4.78, 5) is 2.55. The summed E-state index contributed by atoms with van der Waals surface area (Å²) in [5.74, 6) is 0.702. The van der Waals surface area contributed by atoms with E-state index in [2.05, 4.69) is 43.0 Å². The fourth-order valence-corrected chi connectivity index (χ4v) is 2.54. The van der Waals surface area contributed by atoms with Crippen molar-refractivity contribution in [3.05, 3.63) is 35.4 Å². The van der Waals surface area contributed by atoms with Crippen LogP contribution in [0.5, 0.6) is 0 Å². The van der Waals surface area contributed by atoms with Crippen LogP contribution in [0.3, 0.4) is 0 Å². The Labute approximate surface area is 105 Å². The maximum Gasteiger partial charge on any atom is 0.00514 e. The minimum Gasteiger partial charge on any atom is -0.328 e. The van der Waals surface area contributed by atoms with Crippen LogP contribution in [-0.4, -0.2) is 30.6 Å². The van der Waals surface area contributed by atoms with Gasteiger partial charge in [-0.25, -0.2) is 0 Å². The molecule has 2 heteroatoms. The van der Waals surface area contributed by atoms with E-state index in [1.54, 1.807) is 0 Å². The predicted octanol–water partition coefficient (Wildman–Crippen LogP) is 2.21. The molecule has 0 bridgehead atoms. The predicted molar refractivity (Wildman–Crippen MR) is 73.1 cm³/mol. The minimum atomic E-state index is 0.347. The van der Waals surface area contributed by atoms with Gasteiger partial charge in [0.25, 0.3) is 0 Å². The second-order valence-electron chi connectivity index (χ2n) is 5.44. The molecule has 94 valence electrons. The maximum absolute atomic E-state index is 5.96. The van der Waals surface area contributed by atoms with E-state index < -0.39 is 0 Å². The van der Waals surface area contributed by atoms with Gasteiger partial charge < -0.3 is 10.6 Å². The van der Waals surface area contributed by atoms with E-state index in [1.165, 1.54) is 37.2 Å². The molecule has 1 aromatic carbocycles. The van der Waals surface area contributed by atoms with Crippen LogP contribution < -0.4 is 5.73 Å². The monoisotopic (exact) mass is 232 g/mol. The molecule has 2 nitrogen and oxygen atoms in total. The number of nitrogens with two attached hydrogens (primary N) is 1. The summed E-state index contributed by atoms with van der Waals surface area (Å²) in [6, 6.07) is 9.23. The van der Waals surface area contributed by atoms with Crippen molar-refractivity contribution in [2.24, 2.45) is 11.7 Å². The normalized spacial score (nSPS) is 22.9. The Kier molecular flexibility index (Phi) is 4.19. The van der Waals surface area contributed by atoms with Gasteiger partial charge in [-0.05, 0) is 44.7 Å². The highest BCUT2D eigenvalue weighted by Gasteiger charge is 2.24. The quantitative estimate of drug-likeness (QED) is 0.862. The zero-order chi connectivity index (χ0) is 12.3. The molecule has 1 unspecified atom stereocenters. The summed E-state index contributed by atoms with van der Waals surface area (Å²) in [7, 11) is 0. The molecule has 1 heterocycles. The third-order valence-electron chi connectivity index (χ3n) is 3.89. The molecule has 0 amide bonds. The first-order chi connectivity index (χ1) is 8.15. The number of likely N-dealkylation sites (tertiary alicyclic amines) is 1. The summed E-state index contributed by atoms with van der Waals surface area (Å²) in [5, 5.41) is 0. The Balaban J connectivity index is 1.78. The van der Waals surface area contributed by atoms with Gasteiger partial charge in [-0.1, -0.05) is 29.8 Å². The highest BCUT2D eigenvalue weighted by molar-refractivity contribution is 5.21. The first-order valence-electron chi connectivity index (χ1n) is 6.68. The number of hydrogen-bond donors (Lipinski definition) is 1. The lowest BCUT2D eigenvalue weighted by Gasteiger charge is -2.17. The van der Waals surface area contributed by atoms with Gasteiger partial charge in [0.05, 0.1) is 0 Å². The summed E-state index contributed by atoms with van der Waals surface area (Å²) >= 11 is 0. The molecule has 2 N–H and O–H groups in total. The zero-order valence-corrected chi connectivity index (χ0v) is 11.0. The van der Waals surface area contributed by atoms with Crippen LogP contribution in [0.1, 0.15) is 24.5 Å². The molecule has 1 fully saturated rings. The minimum absolute atomic E-state index is 0.347. The summed E-state index contributed by atoms with van der Waals surface area (Å²) in [6.45, 7) is 7.85. The Hall–Kier alpha value is -0.860. The molecule has 0 spiro atoms.